The summed E-state index contributed by atoms with van der Waals surface area (Å²) in [5, 5.41) is 0. The molecule has 0 atom stereocenters. The van der Waals surface area contributed by atoms with Gasteiger partial charge in [-0.2, -0.15) is 0 Å². The second-order valence-electron chi connectivity index (χ2n) is 4.00. The number of hydrogen-bond acceptors (Lipinski definition) is 1. The van der Waals surface area contributed by atoms with Crippen molar-refractivity contribution in [2.75, 3.05) is 0 Å². The first-order valence-electron chi connectivity index (χ1n) is 5.46. The predicted molar refractivity (Wildman–Crippen MR) is 78.1 cm³/mol. The van der Waals surface area contributed by atoms with Crippen LogP contribution >= 0.6 is 22.6 Å². The van der Waals surface area contributed by atoms with Gasteiger partial charge in [0.1, 0.15) is 15.0 Å². The number of pyridine rings is 1. The Hall–Kier alpha value is -1.36. The fraction of sp³-hybridized carbons (Fsp3) is 0.0714. The van der Waals surface area contributed by atoms with E-state index in [9.17, 15) is 0 Å². The van der Waals surface area contributed by atoms with Crippen LogP contribution in [0.25, 0.3) is 16.9 Å². The maximum atomic E-state index is 4.74. The molecule has 0 N–H and O–H groups in total. The summed E-state index contributed by atoms with van der Waals surface area (Å²) in [5.74, 6) is 0. The lowest BCUT2D eigenvalue weighted by Crippen LogP contribution is -1.88. The molecular weight excluding hydrogens is 323 g/mol. The summed E-state index contributed by atoms with van der Waals surface area (Å²) in [6, 6.07) is 14.5. The molecule has 17 heavy (non-hydrogen) atoms. The molecule has 2 heterocycles. The lowest BCUT2D eigenvalue weighted by Gasteiger charge is -1.97. The van der Waals surface area contributed by atoms with Gasteiger partial charge in [0.05, 0.1) is 0 Å². The predicted octanol–water partition coefficient (Wildman–Crippen LogP) is 3.91. The van der Waals surface area contributed by atoms with Crippen LogP contribution in [0.1, 0.15) is 5.56 Å². The average molecular weight is 334 g/mol. The van der Waals surface area contributed by atoms with E-state index < -0.39 is 0 Å². The summed E-state index contributed by atoms with van der Waals surface area (Å²) in [5.41, 5.74) is 4.46. The largest absolute Gasteiger partial charge is 0.294 e. The Morgan fingerprint density at radius 1 is 1.06 bits per heavy atom. The van der Waals surface area contributed by atoms with E-state index in [1.165, 1.54) is 11.1 Å². The summed E-state index contributed by atoms with van der Waals surface area (Å²) >= 11 is 2.35. The molecule has 0 bridgehead atoms. The molecule has 0 aliphatic carbocycles. The molecule has 0 saturated heterocycles. The molecule has 2 nitrogen and oxygen atoms in total. The van der Waals surface area contributed by atoms with Gasteiger partial charge in [0.2, 0.25) is 0 Å². The van der Waals surface area contributed by atoms with Gasteiger partial charge in [-0.1, -0.05) is 36.4 Å². The normalized spacial score (nSPS) is 10.9. The molecule has 0 aliphatic heterocycles. The van der Waals surface area contributed by atoms with Gasteiger partial charge in [0, 0.05) is 11.8 Å². The SMILES string of the molecule is Cc1cccn2c(I)c(-c3ccccc3)nc12. The van der Waals surface area contributed by atoms with E-state index in [4.69, 9.17) is 4.98 Å². The third kappa shape index (κ3) is 1.74. The lowest BCUT2D eigenvalue weighted by atomic mass is 10.2. The molecule has 0 unspecified atom stereocenters. The Labute approximate surface area is 113 Å². The van der Waals surface area contributed by atoms with Crippen LogP contribution in [0.5, 0.6) is 0 Å². The average Bonchev–Trinajstić information content (AvgIpc) is 2.70. The molecule has 0 spiro atoms. The van der Waals surface area contributed by atoms with Crippen molar-refractivity contribution in [3.05, 3.63) is 57.9 Å². The molecule has 0 aliphatic rings. The van der Waals surface area contributed by atoms with Crippen LogP contribution in [0.4, 0.5) is 0 Å². The van der Waals surface area contributed by atoms with E-state index in [0.717, 1.165) is 15.0 Å². The van der Waals surface area contributed by atoms with Crippen molar-refractivity contribution < 1.29 is 0 Å². The van der Waals surface area contributed by atoms with E-state index in [1.54, 1.807) is 0 Å². The zero-order valence-electron chi connectivity index (χ0n) is 9.39. The number of imidazole rings is 1. The van der Waals surface area contributed by atoms with Gasteiger partial charge in [0.15, 0.2) is 0 Å². The van der Waals surface area contributed by atoms with Gasteiger partial charge in [0.25, 0.3) is 0 Å². The minimum atomic E-state index is 1.04. The van der Waals surface area contributed by atoms with Crippen LogP contribution in [0.3, 0.4) is 0 Å². The van der Waals surface area contributed by atoms with Crippen molar-refractivity contribution in [2.24, 2.45) is 0 Å². The third-order valence-corrected chi connectivity index (χ3v) is 3.86. The Morgan fingerprint density at radius 3 is 2.53 bits per heavy atom. The summed E-state index contributed by atoms with van der Waals surface area (Å²) in [6.45, 7) is 2.09. The van der Waals surface area contributed by atoms with Crippen molar-refractivity contribution in [1.82, 2.24) is 9.38 Å². The fourth-order valence-electron chi connectivity index (χ4n) is 1.95. The molecule has 3 rings (SSSR count). The first-order chi connectivity index (χ1) is 8.27. The van der Waals surface area contributed by atoms with Gasteiger partial charge in [-0.05, 0) is 41.1 Å². The van der Waals surface area contributed by atoms with Gasteiger partial charge in [-0.25, -0.2) is 4.98 Å². The van der Waals surface area contributed by atoms with Crippen molar-refractivity contribution in [1.29, 1.82) is 0 Å². The molecule has 2 aromatic heterocycles. The maximum absolute atomic E-state index is 4.74. The molecule has 3 aromatic rings. The number of hydrogen-bond donors (Lipinski definition) is 0. The first kappa shape index (κ1) is 10.8. The Balaban J connectivity index is 2.32. The highest BCUT2D eigenvalue weighted by Crippen LogP contribution is 2.26. The molecule has 0 saturated carbocycles. The van der Waals surface area contributed by atoms with E-state index in [-0.39, 0.29) is 0 Å². The second kappa shape index (κ2) is 4.14. The first-order valence-corrected chi connectivity index (χ1v) is 6.54. The smallest absolute Gasteiger partial charge is 0.141 e. The van der Waals surface area contributed by atoms with Crippen molar-refractivity contribution >= 4 is 28.2 Å². The van der Waals surface area contributed by atoms with Crippen molar-refractivity contribution in [2.45, 2.75) is 6.92 Å². The van der Waals surface area contributed by atoms with Crippen LogP contribution in [-0.4, -0.2) is 9.38 Å². The summed E-state index contributed by atoms with van der Waals surface area (Å²) in [6.07, 6.45) is 2.06. The lowest BCUT2D eigenvalue weighted by molar-refractivity contribution is 1.13. The number of halogens is 1. The van der Waals surface area contributed by atoms with E-state index >= 15 is 0 Å². The summed E-state index contributed by atoms with van der Waals surface area (Å²) in [7, 11) is 0. The minimum Gasteiger partial charge on any atom is -0.294 e. The number of rotatable bonds is 1. The van der Waals surface area contributed by atoms with E-state index in [1.807, 2.05) is 18.2 Å². The number of fused-ring (bicyclic) bond motifs is 1. The summed E-state index contributed by atoms with van der Waals surface area (Å²) in [4.78, 5) is 4.74. The quantitative estimate of drug-likeness (QED) is 0.617. The maximum Gasteiger partial charge on any atom is 0.141 e. The number of aryl methyl sites for hydroxylation is 1. The Morgan fingerprint density at radius 2 is 1.82 bits per heavy atom. The van der Waals surface area contributed by atoms with Gasteiger partial charge in [-0.3, -0.25) is 4.40 Å². The number of nitrogens with zero attached hydrogens (tertiary/aromatic N) is 2. The van der Waals surface area contributed by atoms with Crippen LogP contribution in [0, 0.1) is 10.6 Å². The monoisotopic (exact) mass is 334 g/mol. The molecule has 3 heteroatoms. The standard InChI is InChI=1S/C14H11IN2/c1-10-6-5-9-17-13(15)12(16-14(10)17)11-7-3-2-4-8-11/h2-9H,1H3. The zero-order chi connectivity index (χ0) is 11.8. The Bertz CT molecular complexity index is 671. The molecule has 0 amide bonds. The van der Waals surface area contributed by atoms with Gasteiger partial charge >= 0.3 is 0 Å². The highest BCUT2D eigenvalue weighted by Gasteiger charge is 2.11. The minimum absolute atomic E-state index is 1.04. The van der Waals surface area contributed by atoms with Crippen LogP contribution < -0.4 is 0 Å². The van der Waals surface area contributed by atoms with Crippen LogP contribution in [-0.2, 0) is 0 Å². The van der Waals surface area contributed by atoms with Crippen LogP contribution in [0.15, 0.2) is 48.7 Å². The van der Waals surface area contributed by atoms with E-state index in [0.29, 0.717) is 0 Å². The van der Waals surface area contributed by atoms with Crippen LogP contribution in [0.2, 0.25) is 0 Å². The van der Waals surface area contributed by atoms with Gasteiger partial charge in [-0.15, -0.1) is 0 Å². The molecule has 0 fully saturated rings. The highest BCUT2D eigenvalue weighted by atomic mass is 127. The van der Waals surface area contributed by atoms with Gasteiger partial charge < -0.3 is 0 Å². The molecule has 0 radical (unpaired) electrons. The van der Waals surface area contributed by atoms with Crippen molar-refractivity contribution in [3.8, 4) is 11.3 Å². The third-order valence-electron chi connectivity index (χ3n) is 2.83. The topological polar surface area (TPSA) is 17.3 Å². The number of benzene rings is 1. The molecular formula is C14H11IN2. The van der Waals surface area contributed by atoms with E-state index in [2.05, 4.69) is 64.4 Å². The van der Waals surface area contributed by atoms with Crippen molar-refractivity contribution in [3.63, 3.8) is 0 Å². The number of aromatic nitrogens is 2. The fourth-order valence-corrected chi connectivity index (χ4v) is 2.78. The molecule has 1 aromatic carbocycles. The molecule has 84 valence electrons. The highest BCUT2D eigenvalue weighted by molar-refractivity contribution is 14.1. The summed E-state index contributed by atoms with van der Waals surface area (Å²) < 4.78 is 3.30. The Kier molecular flexibility index (Phi) is 2.63. The second-order valence-corrected chi connectivity index (χ2v) is 5.02. The zero-order valence-corrected chi connectivity index (χ0v) is 11.5.